The van der Waals surface area contributed by atoms with E-state index < -0.39 is 12.1 Å². The van der Waals surface area contributed by atoms with Crippen LogP contribution in [0.15, 0.2) is 103 Å². The zero-order chi connectivity index (χ0) is 30.4. The number of nitrogens with one attached hydrogen (secondary N) is 2. The molecule has 0 saturated carbocycles. The lowest BCUT2D eigenvalue weighted by Gasteiger charge is -2.36. The molecule has 0 aliphatic carbocycles. The van der Waals surface area contributed by atoms with Gasteiger partial charge >= 0.3 is 6.03 Å². The summed E-state index contributed by atoms with van der Waals surface area (Å²) in [6, 6.07) is 31.7. The molecule has 7 rings (SSSR count). The monoisotopic (exact) mass is 582 g/mol. The van der Waals surface area contributed by atoms with E-state index in [-0.39, 0.29) is 23.9 Å². The van der Waals surface area contributed by atoms with Gasteiger partial charge in [-0.05, 0) is 73.7 Å². The number of urea groups is 1. The van der Waals surface area contributed by atoms with Gasteiger partial charge in [-0.25, -0.2) is 9.69 Å². The van der Waals surface area contributed by atoms with Gasteiger partial charge < -0.3 is 10.3 Å². The van der Waals surface area contributed by atoms with Crippen LogP contribution in [0.4, 0.5) is 10.5 Å². The van der Waals surface area contributed by atoms with E-state index in [1.165, 1.54) is 10.5 Å². The first-order chi connectivity index (χ1) is 21.4. The van der Waals surface area contributed by atoms with Gasteiger partial charge in [0, 0.05) is 34.6 Å². The molecule has 5 aromatic rings. The summed E-state index contributed by atoms with van der Waals surface area (Å²) in [5.74, 6) is -0.437. The summed E-state index contributed by atoms with van der Waals surface area (Å²) in [4.78, 5) is 47.6. The van der Waals surface area contributed by atoms with Crippen LogP contribution in [0.2, 0.25) is 0 Å². The smallest absolute Gasteiger partial charge is 0.332 e. The Balaban J connectivity index is 1.13. The Morgan fingerprint density at radius 1 is 0.909 bits per heavy atom. The summed E-state index contributed by atoms with van der Waals surface area (Å²) in [6.07, 6.45) is 2.13. The SMILES string of the molecule is Cc1ccc([C@H]2c3[nH]c4ccccc4c3C[C@H]3C(=O)N(c4ccc(C(=O)N[C@H](C)CCc5ccccc5)cc4)C(=O)N23)cc1. The van der Waals surface area contributed by atoms with Crippen LogP contribution in [0.25, 0.3) is 10.9 Å². The highest BCUT2D eigenvalue weighted by Crippen LogP contribution is 2.44. The highest BCUT2D eigenvalue weighted by molar-refractivity contribution is 6.22. The van der Waals surface area contributed by atoms with Crippen molar-refractivity contribution < 1.29 is 14.4 Å². The number of fused-ring (bicyclic) bond motifs is 4. The summed E-state index contributed by atoms with van der Waals surface area (Å²) in [7, 11) is 0. The van der Waals surface area contributed by atoms with Crippen molar-refractivity contribution >= 4 is 34.4 Å². The average Bonchev–Trinajstić information content (AvgIpc) is 3.54. The molecule has 0 spiro atoms. The number of aromatic nitrogens is 1. The summed E-state index contributed by atoms with van der Waals surface area (Å²) < 4.78 is 0. The third kappa shape index (κ3) is 4.84. The number of carbonyl (C=O) groups is 3. The summed E-state index contributed by atoms with van der Waals surface area (Å²) in [5.41, 5.74) is 7.26. The van der Waals surface area contributed by atoms with E-state index in [4.69, 9.17) is 0 Å². The number of rotatable bonds is 7. The van der Waals surface area contributed by atoms with E-state index in [0.717, 1.165) is 46.1 Å². The molecular weight excluding hydrogens is 548 g/mol. The van der Waals surface area contributed by atoms with Crippen molar-refractivity contribution in [1.29, 1.82) is 0 Å². The van der Waals surface area contributed by atoms with Gasteiger partial charge in [0.1, 0.15) is 12.1 Å². The molecule has 3 heterocycles. The number of anilines is 1. The maximum Gasteiger partial charge on any atom is 0.332 e. The highest BCUT2D eigenvalue weighted by atomic mass is 16.2. The highest BCUT2D eigenvalue weighted by Gasteiger charge is 2.53. The van der Waals surface area contributed by atoms with Crippen molar-refractivity contribution in [3.63, 3.8) is 0 Å². The molecule has 2 aliphatic heterocycles. The molecular formula is C37H34N4O3. The lowest BCUT2D eigenvalue weighted by Crippen LogP contribution is -2.44. The maximum absolute atomic E-state index is 14.1. The molecule has 7 heteroatoms. The van der Waals surface area contributed by atoms with Crippen LogP contribution in [-0.2, 0) is 17.6 Å². The van der Waals surface area contributed by atoms with Crippen molar-refractivity contribution in [1.82, 2.24) is 15.2 Å². The first-order valence-corrected chi connectivity index (χ1v) is 15.2. The van der Waals surface area contributed by atoms with Gasteiger partial charge in [-0.15, -0.1) is 0 Å². The summed E-state index contributed by atoms with van der Waals surface area (Å²) in [6.45, 7) is 4.03. The molecule has 0 bridgehead atoms. The van der Waals surface area contributed by atoms with Gasteiger partial charge in [0.25, 0.3) is 11.8 Å². The molecule has 4 aromatic carbocycles. The van der Waals surface area contributed by atoms with E-state index in [1.54, 1.807) is 29.2 Å². The average molecular weight is 583 g/mol. The predicted molar refractivity (Wildman–Crippen MR) is 172 cm³/mol. The molecule has 1 aromatic heterocycles. The molecule has 1 fully saturated rings. The minimum Gasteiger partial charge on any atom is -0.356 e. The first kappa shape index (κ1) is 27.7. The van der Waals surface area contributed by atoms with Gasteiger partial charge in [0.05, 0.1) is 5.69 Å². The Morgan fingerprint density at radius 3 is 2.36 bits per heavy atom. The molecule has 3 atom stereocenters. The second kappa shape index (κ2) is 11.2. The van der Waals surface area contributed by atoms with Crippen LogP contribution in [0, 0.1) is 6.92 Å². The van der Waals surface area contributed by atoms with Crippen LogP contribution < -0.4 is 10.2 Å². The van der Waals surface area contributed by atoms with Crippen molar-refractivity contribution in [2.75, 3.05) is 4.90 Å². The fourth-order valence-corrected chi connectivity index (χ4v) is 6.58. The Kier molecular flexibility index (Phi) is 7.01. The molecule has 4 amide bonds. The minimum atomic E-state index is -0.631. The topological polar surface area (TPSA) is 85.5 Å². The Labute approximate surface area is 256 Å². The van der Waals surface area contributed by atoms with Crippen molar-refractivity contribution in [2.24, 2.45) is 0 Å². The van der Waals surface area contributed by atoms with E-state index in [9.17, 15) is 14.4 Å². The van der Waals surface area contributed by atoms with E-state index >= 15 is 0 Å². The normalized spacial score (nSPS) is 18.3. The van der Waals surface area contributed by atoms with E-state index in [1.807, 2.05) is 74.5 Å². The molecule has 7 nitrogen and oxygen atoms in total. The number of amides is 4. The molecule has 220 valence electrons. The van der Waals surface area contributed by atoms with Crippen molar-refractivity contribution in [2.45, 2.75) is 51.2 Å². The fourth-order valence-electron chi connectivity index (χ4n) is 6.58. The predicted octanol–water partition coefficient (Wildman–Crippen LogP) is 6.71. The number of H-pyrrole nitrogens is 1. The number of para-hydroxylation sites is 1. The van der Waals surface area contributed by atoms with E-state index in [0.29, 0.717) is 17.7 Å². The van der Waals surface area contributed by atoms with Gasteiger partial charge in [0.15, 0.2) is 0 Å². The summed E-state index contributed by atoms with van der Waals surface area (Å²) in [5, 5.41) is 4.14. The number of benzene rings is 4. The Hall–Kier alpha value is -5.17. The lowest BCUT2D eigenvalue weighted by atomic mass is 9.88. The molecule has 0 radical (unpaired) electrons. The fraction of sp³-hybridized carbons (Fsp3) is 0.216. The number of nitrogens with zero attached hydrogens (tertiary/aromatic N) is 2. The number of carbonyl (C=O) groups excluding carboxylic acids is 3. The molecule has 44 heavy (non-hydrogen) atoms. The minimum absolute atomic E-state index is 0.00746. The lowest BCUT2D eigenvalue weighted by molar-refractivity contribution is -0.120. The van der Waals surface area contributed by atoms with Crippen LogP contribution in [0.5, 0.6) is 0 Å². The van der Waals surface area contributed by atoms with Crippen molar-refractivity contribution in [3.05, 3.63) is 137 Å². The second-order valence-corrected chi connectivity index (χ2v) is 11.9. The standard InChI is InChI=1S/C37H34N4O3/c1-23-12-16-26(17-13-23)34-33-30(29-10-6-7-11-31(29)39-33)22-32-36(43)40(37(44)41(32)34)28-20-18-27(19-21-28)35(42)38-24(2)14-15-25-8-4-3-5-9-25/h3-13,16-21,24,32,34,39H,14-15,22H2,1-2H3,(H,38,42)/t24-,32+,34+/m1/s1. The third-order valence-corrected chi connectivity index (χ3v) is 8.92. The van der Waals surface area contributed by atoms with Crippen LogP contribution in [-0.4, -0.2) is 39.8 Å². The van der Waals surface area contributed by atoms with Crippen LogP contribution in [0.3, 0.4) is 0 Å². The Morgan fingerprint density at radius 2 is 1.61 bits per heavy atom. The van der Waals surface area contributed by atoms with Crippen molar-refractivity contribution in [3.8, 4) is 0 Å². The number of imide groups is 1. The first-order valence-electron chi connectivity index (χ1n) is 15.2. The Bertz CT molecular complexity index is 1860. The van der Waals surface area contributed by atoms with Gasteiger partial charge in [-0.1, -0.05) is 78.4 Å². The number of aromatic amines is 1. The largest absolute Gasteiger partial charge is 0.356 e. The number of hydrogen-bond acceptors (Lipinski definition) is 3. The second-order valence-electron chi connectivity index (χ2n) is 11.9. The quantitative estimate of drug-likeness (QED) is 0.209. The zero-order valence-electron chi connectivity index (χ0n) is 24.8. The van der Waals surface area contributed by atoms with Crippen LogP contribution in [0.1, 0.15) is 57.7 Å². The van der Waals surface area contributed by atoms with Gasteiger partial charge in [-0.3, -0.25) is 14.5 Å². The number of aryl methyl sites for hydroxylation is 2. The van der Waals surface area contributed by atoms with Crippen LogP contribution >= 0.6 is 0 Å². The molecule has 0 unspecified atom stereocenters. The summed E-state index contributed by atoms with van der Waals surface area (Å²) >= 11 is 0. The molecule has 2 N–H and O–H groups in total. The van der Waals surface area contributed by atoms with Gasteiger partial charge in [-0.2, -0.15) is 0 Å². The van der Waals surface area contributed by atoms with E-state index in [2.05, 4.69) is 28.5 Å². The van der Waals surface area contributed by atoms with Gasteiger partial charge in [0.2, 0.25) is 0 Å². The molecule has 2 aliphatic rings. The maximum atomic E-state index is 14.1. The molecule has 1 saturated heterocycles. The zero-order valence-corrected chi connectivity index (χ0v) is 24.8. The number of hydrogen-bond donors (Lipinski definition) is 2. The third-order valence-electron chi connectivity index (χ3n) is 8.92.